The number of halogens is 4. The third-order valence-electron chi connectivity index (χ3n) is 12.7. The van der Waals surface area contributed by atoms with Crippen molar-refractivity contribution in [3.63, 3.8) is 0 Å². The van der Waals surface area contributed by atoms with Crippen LogP contribution in [0.3, 0.4) is 0 Å². The highest BCUT2D eigenvalue weighted by atomic mass is 32.1. The van der Waals surface area contributed by atoms with Gasteiger partial charge in [-0.2, -0.15) is 0 Å². The third-order valence-corrected chi connectivity index (χ3v) is 15.2. The number of carbonyl (C=O) groups excluding carboxylic acids is 2. The van der Waals surface area contributed by atoms with Crippen LogP contribution in [-0.2, 0) is 22.3 Å². The minimum Gasteiger partial charge on any atom is -0.494 e. The zero-order valence-corrected chi connectivity index (χ0v) is 40.9. The standard InChI is InChI=1S/2C27H23F2NO5S/c2*1-3-35-27(33)18-13-30(20-10-7-14(28)11-19(20)29)24-16(25(18)32)9-8-15(26(24)34-2)23-12-17-21(31)5-4-6-22(17)36-23/h2*7-13,21,31H,3-6H2,1-2H3. The number of aryl methyl sites for hydroxylation is 2. The minimum atomic E-state index is -0.878. The van der Waals surface area contributed by atoms with E-state index >= 15 is 0 Å². The molecule has 4 aromatic carbocycles. The smallest absolute Gasteiger partial charge is 0.343 e. The minimum absolute atomic E-state index is 0.0539. The van der Waals surface area contributed by atoms with E-state index in [0.717, 1.165) is 80.6 Å². The largest absolute Gasteiger partial charge is 0.494 e. The Labute approximate surface area is 416 Å². The third kappa shape index (κ3) is 9.08. The molecule has 0 fully saturated rings. The van der Waals surface area contributed by atoms with E-state index in [-0.39, 0.29) is 69.0 Å². The van der Waals surface area contributed by atoms with Gasteiger partial charge in [-0.3, -0.25) is 9.59 Å². The highest BCUT2D eigenvalue weighted by molar-refractivity contribution is 7.16. The van der Waals surface area contributed by atoms with E-state index in [0.29, 0.717) is 24.0 Å². The molecule has 2 aliphatic rings. The van der Waals surface area contributed by atoms with Crippen molar-refractivity contribution in [1.82, 2.24) is 9.13 Å². The molecule has 8 aromatic rings. The molecule has 2 atom stereocenters. The SMILES string of the molecule is CCOC(=O)c1cn(-c2ccc(F)cc2F)c2c(OC)c(-c3cc4c(s3)CCCC4O)ccc2c1=O.CCOC(=O)c1cn(-c2ccc(F)cc2F)c2c(OC)c(-c3cc4c(s3)CCCC4O)ccc2c1=O. The summed E-state index contributed by atoms with van der Waals surface area (Å²) in [6.07, 6.45) is 6.22. The summed E-state index contributed by atoms with van der Waals surface area (Å²) >= 11 is 3.06. The number of hydrogen-bond donors (Lipinski definition) is 2. The molecule has 0 amide bonds. The van der Waals surface area contributed by atoms with Gasteiger partial charge in [0.25, 0.3) is 0 Å². The van der Waals surface area contributed by atoms with Crippen LogP contribution in [0.2, 0.25) is 0 Å². The number of aliphatic hydroxyl groups is 2. The summed E-state index contributed by atoms with van der Waals surface area (Å²) in [5, 5.41) is 21.1. The molecule has 0 saturated heterocycles. The number of fused-ring (bicyclic) bond motifs is 4. The lowest BCUT2D eigenvalue weighted by Gasteiger charge is -2.18. The molecule has 10 rings (SSSR count). The lowest BCUT2D eigenvalue weighted by molar-refractivity contribution is 0.0514. The highest BCUT2D eigenvalue weighted by Crippen LogP contribution is 2.47. The zero-order valence-electron chi connectivity index (χ0n) is 39.3. The Bertz CT molecular complexity index is 3350. The predicted molar refractivity (Wildman–Crippen MR) is 266 cm³/mol. The van der Waals surface area contributed by atoms with Gasteiger partial charge in [0.2, 0.25) is 10.9 Å². The number of aromatic nitrogens is 2. The Kier molecular flexibility index (Phi) is 14.2. The normalized spacial score (nSPS) is 15.1. The first-order chi connectivity index (χ1) is 34.7. The number of rotatable bonds is 10. The number of benzene rings is 4. The Morgan fingerprint density at radius 2 is 1.01 bits per heavy atom. The van der Waals surface area contributed by atoms with Gasteiger partial charge in [0.1, 0.15) is 45.4 Å². The maximum Gasteiger partial charge on any atom is 0.343 e. The van der Waals surface area contributed by atoms with Gasteiger partial charge >= 0.3 is 11.9 Å². The average Bonchev–Trinajstić information content (AvgIpc) is 4.01. The highest BCUT2D eigenvalue weighted by Gasteiger charge is 2.29. The monoisotopic (exact) mass is 1020 g/mol. The van der Waals surface area contributed by atoms with Gasteiger partial charge in [0.15, 0.2) is 11.5 Å². The fraction of sp³-hybridized carbons (Fsp3) is 0.259. The van der Waals surface area contributed by atoms with Crippen LogP contribution < -0.4 is 20.3 Å². The van der Waals surface area contributed by atoms with E-state index in [1.54, 1.807) is 38.1 Å². The van der Waals surface area contributed by atoms with Crippen LogP contribution >= 0.6 is 22.7 Å². The van der Waals surface area contributed by atoms with Gasteiger partial charge in [0.05, 0.1) is 61.8 Å². The van der Waals surface area contributed by atoms with Crippen LogP contribution in [0.25, 0.3) is 54.1 Å². The van der Waals surface area contributed by atoms with Crippen molar-refractivity contribution in [3.8, 4) is 43.8 Å². The number of thiophene rings is 2. The summed E-state index contributed by atoms with van der Waals surface area (Å²) in [6, 6.07) is 16.5. The predicted octanol–water partition coefficient (Wildman–Crippen LogP) is 11.1. The summed E-state index contributed by atoms with van der Waals surface area (Å²) in [5.41, 5.74) is 1.64. The number of nitrogens with zero attached hydrogens (tertiary/aromatic N) is 2. The Morgan fingerprint density at radius 3 is 1.36 bits per heavy atom. The zero-order chi connectivity index (χ0) is 51.1. The molecule has 2 N–H and O–H groups in total. The summed E-state index contributed by atoms with van der Waals surface area (Å²) in [7, 11) is 2.88. The summed E-state index contributed by atoms with van der Waals surface area (Å²) in [6.45, 7) is 3.34. The van der Waals surface area contributed by atoms with Crippen LogP contribution in [0.4, 0.5) is 17.6 Å². The Morgan fingerprint density at radius 1 is 0.611 bits per heavy atom. The van der Waals surface area contributed by atoms with Crippen LogP contribution in [0, 0.1) is 23.3 Å². The maximum atomic E-state index is 15.0. The van der Waals surface area contributed by atoms with Gasteiger partial charge in [-0.15, -0.1) is 22.7 Å². The van der Waals surface area contributed by atoms with Crippen LogP contribution in [0.1, 0.15) is 93.3 Å². The molecule has 4 heterocycles. The topological polar surface area (TPSA) is 156 Å². The number of methoxy groups -OCH3 is 2. The lowest BCUT2D eigenvalue weighted by Crippen LogP contribution is -2.21. The second kappa shape index (κ2) is 20.5. The van der Waals surface area contributed by atoms with Crippen molar-refractivity contribution in [2.45, 2.75) is 64.6 Å². The molecule has 2 aliphatic carbocycles. The second-order valence-corrected chi connectivity index (χ2v) is 19.3. The van der Waals surface area contributed by atoms with E-state index in [9.17, 15) is 47.0 Å². The lowest BCUT2D eigenvalue weighted by atomic mass is 9.95. The maximum absolute atomic E-state index is 15.0. The Hall–Kier alpha value is -7.12. The first-order valence-corrected chi connectivity index (χ1v) is 24.7. The molecule has 0 aliphatic heterocycles. The van der Waals surface area contributed by atoms with E-state index in [4.69, 9.17) is 18.9 Å². The molecule has 372 valence electrons. The van der Waals surface area contributed by atoms with E-state index in [1.165, 1.54) is 70.6 Å². The van der Waals surface area contributed by atoms with Crippen molar-refractivity contribution in [1.29, 1.82) is 0 Å². The summed E-state index contributed by atoms with van der Waals surface area (Å²) < 4.78 is 81.7. The van der Waals surface area contributed by atoms with Crippen molar-refractivity contribution in [2.24, 2.45) is 0 Å². The molecular weight excluding hydrogens is 977 g/mol. The van der Waals surface area contributed by atoms with Crippen molar-refractivity contribution >= 4 is 56.4 Å². The molecule has 0 bridgehead atoms. The molecule has 18 heteroatoms. The number of esters is 2. The van der Waals surface area contributed by atoms with Crippen LogP contribution in [0.5, 0.6) is 11.5 Å². The fourth-order valence-electron chi connectivity index (χ4n) is 9.35. The van der Waals surface area contributed by atoms with Gasteiger partial charge in [0, 0.05) is 55.2 Å². The van der Waals surface area contributed by atoms with Gasteiger partial charge in [-0.25, -0.2) is 27.2 Å². The molecule has 0 spiro atoms. The molecule has 4 aromatic heterocycles. The fourth-order valence-corrected chi connectivity index (χ4v) is 11.9. The van der Waals surface area contributed by atoms with Crippen LogP contribution in [0.15, 0.2) is 94.8 Å². The second-order valence-electron chi connectivity index (χ2n) is 17.0. The number of ether oxygens (including phenoxy) is 4. The number of hydrogen-bond acceptors (Lipinski definition) is 12. The van der Waals surface area contributed by atoms with Crippen LogP contribution in [-0.4, -0.2) is 58.7 Å². The average molecular weight is 1020 g/mol. The number of aliphatic hydroxyl groups excluding tert-OH is 2. The first-order valence-electron chi connectivity index (χ1n) is 23.1. The number of carbonyl (C=O) groups is 2. The van der Waals surface area contributed by atoms with Crippen molar-refractivity contribution < 1.29 is 56.3 Å². The Balaban J connectivity index is 0.000000178. The van der Waals surface area contributed by atoms with E-state index < -0.39 is 58.3 Å². The molecule has 2 unspecified atom stereocenters. The van der Waals surface area contributed by atoms with Crippen molar-refractivity contribution in [2.75, 3.05) is 27.4 Å². The van der Waals surface area contributed by atoms with E-state index in [1.807, 2.05) is 12.1 Å². The van der Waals surface area contributed by atoms with E-state index in [2.05, 4.69) is 0 Å². The quantitative estimate of drug-likeness (QED) is 0.0999. The summed E-state index contributed by atoms with van der Waals surface area (Å²) in [5.74, 6) is -4.39. The summed E-state index contributed by atoms with van der Waals surface area (Å²) in [4.78, 5) is 55.6. The first kappa shape index (κ1) is 49.8. The van der Waals surface area contributed by atoms with Crippen molar-refractivity contribution in [3.05, 3.63) is 161 Å². The molecule has 0 radical (unpaired) electrons. The van der Waals surface area contributed by atoms with Gasteiger partial charge in [-0.05, 0) is 124 Å². The van der Waals surface area contributed by atoms with Gasteiger partial charge < -0.3 is 38.3 Å². The molecule has 0 saturated carbocycles. The van der Waals surface area contributed by atoms with Gasteiger partial charge in [-0.1, -0.05) is 0 Å². The molecule has 72 heavy (non-hydrogen) atoms. The number of pyridine rings is 2. The molecular formula is C54H46F4N2O10S2. The molecule has 12 nitrogen and oxygen atoms in total.